The van der Waals surface area contributed by atoms with Crippen molar-refractivity contribution in [3.63, 3.8) is 0 Å². The van der Waals surface area contributed by atoms with Gasteiger partial charge in [0.2, 0.25) is 0 Å². The Labute approximate surface area is 84.1 Å². The van der Waals surface area contributed by atoms with Crippen LogP contribution >= 0.6 is 0 Å². The van der Waals surface area contributed by atoms with Gasteiger partial charge in [-0.3, -0.25) is 9.78 Å². The van der Waals surface area contributed by atoms with Crippen molar-refractivity contribution in [3.8, 4) is 5.75 Å². The van der Waals surface area contributed by atoms with Gasteiger partial charge in [-0.15, -0.1) is 0 Å². The Hall–Kier alpha value is -1.38. The number of carbonyl (C=O) groups is 1. The second-order valence-electron chi connectivity index (χ2n) is 3.63. The number of pyridine rings is 1. The van der Waals surface area contributed by atoms with E-state index in [1.807, 2.05) is 13.8 Å². The molecule has 0 aromatic carbocycles. The summed E-state index contributed by atoms with van der Waals surface area (Å²) >= 11 is 0. The minimum Gasteiger partial charge on any atom is -0.495 e. The maximum atomic E-state index is 11.6. The molecule has 1 aromatic heterocycles. The van der Waals surface area contributed by atoms with E-state index in [1.54, 1.807) is 25.6 Å². The minimum atomic E-state index is 0.117. The molecule has 3 nitrogen and oxygen atoms in total. The third kappa shape index (κ3) is 2.83. The van der Waals surface area contributed by atoms with Crippen molar-refractivity contribution in [1.82, 2.24) is 4.98 Å². The first kappa shape index (κ1) is 10.7. The third-order valence-electron chi connectivity index (χ3n) is 1.86. The zero-order valence-corrected chi connectivity index (χ0v) is 8.78. The van der Waals surface area contributed by atoms with Crippen LogP contribution < -0.4 is 4.74 Å². The maximum absolute atomic E-state index is 11.6. The summed E-state index contributed by atoms with van der Waals surface area (Å²) in [5.74, 6) is 1.11. The van der Waals surface area contributed by atoms with Crippen molar-refractivity contribution in [2.24, 2.45) is 5.92 Å². The Kier molecular flexibility index (Phi) is 3.63. The molecule has 0 amide bonds. The van der Waals surface area contributed by atoms with E-state index in [0.717, 1.165) is 0 Å². The van der Waals surface area contributed by atoms with E-state index >= 15 is 0 Å². The summed E-state index contributed by atoms with van der Waals surface area (Å²) in [6.07, 6.45) is 3.72. The van der Waals surface area contributed by atoms with Crippen LogP contribution in [-0.4, -0.2) is 17.9 Å². The highest BCUT2D eigenvalue weighted by Crippen LogP contribution is 2.14. The lowest BCUT2D eigenvalue weighted by atomic mass is 10.0. The third-order valence-corrected chi connectivity index (χ3v) is 1.86. The highest BCUT2D eigenvalue weighted by molar-refractivity contribution is 5.96. The van der Waals surface area contributed by atoms with Crippen LogP contribution in [0.25, 0.3) is 0 Å². The number of hydrogen-bond donors (Lipinski definition) is 0. The van der Waals surface area contributed by atoms with Crippen molar-refractivity contribution in [3.05, 3.63) is 24.0 Å². The predicted molar refractivity (Wildman–Crippen MR) is 54.6 cm³/mol. The Morgan fingerprint density at radius 3 is 2.79 bits per heavy atom. The molecule has 1 rings (SSSR count). The molecule has 0 aliphatic carbocycles. The maximum Gasteiger partial charge on any atom is 0.164 e. The van der Waals surface area contributed by atoms with Crippen molar-refractivity contribution >= 4 is 5.78 Å². The van der Waals surface area contributed by atoms with E-state index in [2.05, 4.69) is 4.98 Å². The molecule has 1 aromatic rings. The normalized spacial score (nSPS) is 10.3. The van der Waals surface area contributed by atoms with Gasteiger partial charge in [0.1, 0.15) is 5.75 Å². The highest BCUT2D eigenvalue weighted by Gasteiger charge is 2.09. The molecule has 3 heteroatoms. The molecule has 0 N–H and O–H groups in total. The van der Waals surface area contributed by atoms with E-state index in [9.17, 15) is 4.79 Å². The molecule has 0 radical (unpaired) electrons. The SMILES string of the molecule is COc1cncc(C(=O)CC(C)C)c1. The summed E-state index contributed by atoms with van der Waals surface area (Å²) in [6, 6.07) is 1.72. The summed E-state index contributed by atoms with van der Waals surface area (Å²) in [7, 11) is 1.56. The Morgan fingerprint density at radius 1 is 1.50 bits per heavy atom. The molecule has 0 fully saturated rings. The summed E-state index contributed by atoms with van der Waals surface area (Å²) in [4.78, 5) is 15.6. The van der Waals surface area contributed by atoms with Gasteiger partial charge in [0.15, 0.2) is 5.78 Å². The highest BCUT2D eigenvalue weighted by atomic mass is 16.5. The second kappa shape index (κ2) is 4.74. The van der Waals surface area contributed by atoms with Crippen molar-refractivity contribution in [1.29, 1.82) is 0 Å². The summed E-state index contributed by atoms with van der Waals surface area (Å²) in [5, 5.41) is 0. The van der Waals surface area contributed by atoms with Crippen molar-refractivity contribution in [2.75, 3.05) is 7.11 Å². The van der Waals surface area contributed by atoms with Gasteiger partial charge < -0.3 is 4.74 Å². The number of aromatic nitrogens is 1. The topological polar surface area (TPSA) is 39.2 Å². The molecule has 0 bridgehead atoms. The number of rotatable bonds is 4. The lowest BCUT2D eigenvalue weighted by Crippen LogP contribution is -2.04. The molecule has 76 valence electrons. The first-order chi connectivity index (χ1) is 6.63. The Balaban J connectivity index is 2.79. The van der Waals surface area contributed by atoms with Crippen molar-refractivity contribution in [2.45, 2.75) is 20.3 Å². The second-order valence-corrected chi connectivity index (χ2v) is 3.63. The van der Waals surface area contributed by atoms with Gasteiger partial charge in [0.05, 0.1) is 13.3 Å². The standard InChI is InChI=1S/C11H15NO2/c1-8(2)4-11(13)9-5-10(14-3)7-12-6-9/h5-8H,4H2,1-3H3. The van der Waals surface area contributed by atoms with E-state index in [-0.39, 0.29) is 5.78 Å². The minimum absolute atomic E-state index is 0.117. The zero-order valence-electron chi connectivity index (χ0n) is 8.78. The molecular weight excluding hydrogens is 178 g/mol. The van der Waals surface area contributed by atoms with Gasteiger partial charge in [0.25, 0.3) is 0 Å². The first-order valence-corrected chi connectivity index (χ1v) is 4.65. The van der Waals surface area contributed by atoms with Gasteiger partial charge in [-0.1, -0.05) is 13.8 Å². The monoisotopic (exact) mass is 193 g/mol. The molecule has 0 aliphatic rings. The van der Waals surface area contributed by atoms with Gasteiger partial charge in [-0.25, -0.2) is 0 Å². The van der Waals surface area contributed by atoms with Crippen LogP contribution in [0.2, 0.25) is 0 Å². The Bertz CT molecular complexity index is 321. The number of ketones is 1. The van der Waals surface area contributed by atoms with Gasteiger partial charge in [0, 0.05) is 18.2 Å². The van der Waals surface area contributed by atoms with Crippen molar-refractivity contribution < 1.29 is 9.53 Å². The van der Waals surface area contributed by atoms with E-state index < -0.39 is 0 Å². The molecule has 0 saturated carbocycles. The van der Waals surface area contributed by atoms with Gasteiger partial charge >= 0.3 is 0 Å². The van der Waals surface area contributed by atoms with Crippen LogP contribution in [0.4, 0.5) is 0 Å². The number of carbonyl (C=O) groups excluding carboxylic acids is 1. The number of Topliss-reactive ketones (excluding diaryl/α,β-unsaturated/α-hetero) is 1. The fourth-order valence-corrected chi connectivity index (χ4v) is 1.17. The van der Waals surface area contributed by atoms with Crippen LogP contribution in [0.3, 0.4) is 0 Å². The number of nitrogens with zero attached hydrogens (tertiary/aromatic N) is 1. The lowest BCUT2D eigenvalue weighted by molar-refractivity contribution is 0.0967. The van der Waals surface area contributed by atoms with Crippen LogP contribution in [0.5, 0.6) is 5.75 Å². The molecule has 0 atom stereocenters. The predicted octanol–water partition coefficient (Wildman–Crippen LogP) is 2.32. The summed E-state index contributed by atoms with van der Waals surface area (Å²) in [6.45, 7) is 4.04. The molecule has 14 heavy (non-hydrogen) atoms. The van der Waals surface area contributed by atoms with Gasteiger partial charge in [-0.05, 0) is 12.0 Å². The average Bonchev–Trinajstić information content (AvgIpc) is 2.17. The Morgan fingerprint density at radius 2 is 2.21 bits per heavy atom. The number of hydrogen-bond acceptors (Lipinski definition) is 3. The average molecular weight is 193 g/mol. The quantitative estimate of drug-likeness (QED) is 0.689. The summed E-state index contributed by atoms with van der Waals surface area (Å²) in [5.41, 5.74) is 0.623. The van der Waals surface area contributed by atoms with E-state index in [4.69, 9.17) is 4.74 Å². The number of ether oxygens (including phenoxy) is 1. The first-order valence-electron chi connectivity index (χ1n) is 4.65. The lowest BCUT2D eigenvalue weighted by Gasteiger charge is -2.04. The molecule has 0 aliphatic heterocycles. The largest absolute Gasteiger partial charge is 0.495 e. The van der Waals surface area contributed by atoms with E-state index in [0.29, 0.717) is 23.7 Å². The fraction of sp³-hybridized carbons (Fsp3) is 0.455. The molecule has 0 spiro atoms. The molecule has 0 saturated heterocycles. The summed E-state index contributed by atoms with van der Waals surface area (Å²) < 4.78 is 5.00. The molecule has 1 heterocycles. The van der Waals surface area contributed by atoms with E-state index in [1.165, 1.54) is 0 Å². The van der Waals surface area contributed by atoms with Crippen LogP contribution in [0.1, 0.15) is 30.6 Å². The molecular formula is C11H15NO2. The van der Waals surface area contributed by atoms with Gasteiger partial charge in [-0.2, -0.15) is 0 Å². The number of methoxy groups -OCH3 is 1. The zero-order chi connectivity index (χ0) is 10.6. The van der Waals surface area contributed by atoms with Crippen LogP contribution in [-0.2, 0) is 0 Å². The smallest absolute Gasteiger partial charge is 0.164 e. The fourth-order valence-electron chi connectivity index (χ4n) is 1.17. The van der Waals surface area contributed by atoms with Crippen LogP contribution in [0, 0.1) is 5.92 Å². The van der Waals surface area contributed by atoms with Crippen LogP contribution in [0.15, 0.2) is 18.5 Å². The molecule has 0 unspecified atom stereocenters.